The smallest absolute Gasteiger partial charge is 0.224 e. The van der Waals surface area contributed by atoms with Crippen LogP contribution in [0.1, 0.15) is 43.7 Å². The molecule has 1 aromatic rings. The Kier molecular flexibility index (Phi) is 5.62. The molecule has 0 saturated carbocycles. The monoisotopic (exact) mass is 291 g/mol. The maximum Gasteiger partial charge on any atom is 0.224 e. The molecule has 0 radical (unpaired) electrons. The van der Waals surface area contributed by atoms with Crippen molar-refractivity contribution >= 4 is 5.91 Å². The number of ether oxygens (including phenoxy) is 2. The van der Waals surface area contributed by atoms with E-state index in [2.05, 4.69) is 31.3 Å². The van der Waals surface area contributed by atoms with Gasteiger partial charge in [0, 0.05) is 18.7 Å². The Morgan fingerprint density at radius 2 is 2.29 bits per heavy atom. The first-order valence-corrected chi connectivity index (χ1v) is 7.65. The number of carbonyl (C=O) groups is 1. The zero-order valence-corrected chi connectivity index (χ0v) is 13.1. The third-order valence-electron chi connectivity index (χ3n) is 3.87. The van der Waals surface area contributed by atoms with E-state index < -0.39 is 0 Å². The van der Waals surface area contributed by atoms with Gasteiger partial charge in [-0.25, -0.2) is 0 Å². The molecule has 1 unspecified atom stereocenters. The van der Waals surface area contributed by atoms with Crippen molar-refractivity contribution in [2.24, 2.45) is 0 Å². The molecular formula is C17H25NO3. The van der Waals surface area contributed by atoms with Gasteiger partial charge < -0.3 is 14.8 Å². The topological polar surface area (TPSA) is 47.6 Å². The van der Waals surface area contributed by atoms with Crippen molar-refractivity contribution in [3.63, 3.8) is 0 Å². The van der Waals surface area contributed by atoms with Crippen LogP contribution in [-0.2, 0) is 16.0 Å². The zero-order chi connectivity index (χ0) is 15.2. The van der Waals surface area contributed by atoms with Crippen molar-refractivity contribution in [2.75, 3.05) is 20.3 Å². The first-order valence-electron chi connectivity index (χ1n) is 7.65. The molecule has 1 amide bonds. The number of hydrogen-bond donors (Lipinski definition) is 1. The highest BCUT2D eigenvalue weighted by Crippen LogP contribution is 2.24. The van der Waals surface area contributed by atoms with Gasteiger partial charge in [0.25, 0.3) is 0 Å². The van der Waals surface area contributed by atoms with Gasteiger partial charge in [0.15, 0.2) is 0 Å². The highest BCUT2D eigenvalue weighted by atomic mass is 16.5. The lowest BCUT2D eigenvalue weighted by molar-refractivity contribution is -0.120. The van der Waals surface area contributed by atoms with Gasteiger partial charge in [0.05, 0.1) is 19.6 Å². The number of amides is 1. The fourth-order valence-electron chi connectivity index (χ4n) is 2.56. The Labute approximate surface area is 126 Å². The molecule has 1 N–H and O–H groups in total. The second kappa shape index (κ2) is 7.46. The molecule has 1 aliphatic heterocycles. The quantitative estimate of drug-likeness (QED) is 0.876. The van der Waals surface area contributed by atoms with Crippen molar-refractivity contribution < 1.29 is 14.3 Å². The summed E-state index contributed by atoms with van der Waals surface area (Å²) in [5.74, 6) is 1.22. The van der Waals surface area contributed by atoms with Crippen LogP contribution in [0.4, 0.5) is 0 Å². The summed E-state index contributed by atoms with van der Waals surface area (Å²) < 4.78 is 10.9. The highest BCUT2D eigenvalue weighted by Gasteiger charge is 2.17. The van der Waals surface area contributed by atoms with E-state index in [1.54, 1.807) is 7.11 Å². The molecule has 1 aromatic carbocycles. The number of nitrogens with one attached hydrogen (secondary N) is 1. The zero-order valence-electron chi connectivity index (χ0n) is 13.1. The first kappa shape index (κ1) is 15.8. The molecule has 116 valence electrons. The van der Waals surface area contributed by atoms with Crippen LogP contribution in [0.15, 0.2) is 18.2 Å². The lowest BCUT2D eigenvalue weighted by Crippen LogP contribution is -2.32. The molecule has 1 atom stereocenters. The van der Waals surface area contributed by atoms with Gasteiger partial charge in [-0.3, -0.25) is 4.79 Å². The van der Waals surface area contributed by atoms with Crippen LogP contribution in [0.25, 0.3) is 0 Å². The summed E-state index contributed by atoms with van der Waals surface area (Å²) in [5, 5.41) is 2.95. The standard InChI is InChI=1S/C17H25NO3/c1-12(2)13-6-7-16(20-3)14(9-13)10-17(19)18-11-15-5-4-8-21-15/h6-7,9,12,15H,4-5,8,10-11H2,1-3H3,(H,18,19). The average Bonchev–Trinajstić information content (AvgIpc) is 2.98. The average molecular weight is 291 g/mol. The molecule has 2 rings (SSSR count). The fourth-order valence-corrected chi connectivity index (χ4v) is 2.56. The molecule has 0 bridgehead atoms. The van der Waals surface area contributed by atoms with E-state index in [0.717, 1.165) is 30.8 Å². The summed E-state index contributed by atoms with van der Waals surface area (Å²) in [4.78, 5) is 12.1. The maximum absolute atomic E-state index is 12.1. The SMILES string of the molecule is COc1ccc(C(C)C)cc1CC(=O)NCC1CCCO1. The summed E-state index contributed by atoms with van der Waals surface area (Å²) in [6, 6.07) is 6.06. The van der Waals surface area contributed by atoms with Gasteiger partial charge in [-0.05, 0) is 30.4 Å². The Morgan fingerprint density at radius 1 is 1.48 bits per heavy atom. The van der Waals surface area contributed by atoms with Gasteiger partial charge in [-0.2, -0.15) is 0 Å². The second-order valence-electron chi connectivity index (χ2n) is 5.84. The van der Waals surface area contributed by atoms with Crippen LogP contribution in [0.3, 0.4) is 0 Å². The predicted octanol–water partition coefficient (Wildman–Crippen LogP) is 2.66. The predicted molar refractivity (Wildman–Crippen MR) is 82.8 cm³/mol. The van der Waals surface area contributed by atoms with Crippen LogP contribution >= 0.6 is 0 Å². The number of methoxy groups -OCH3 is 1. The number of benzene rings is 1. The summed E-state index contributed by atoms with van der Waals surface area (Å²) in [7, 11) is 1.64. The lowest BCUT2D eigenvalue weighted by Gasteiger charge is -2.14. The number of hydrogen-bond acceptors (Lipinski definition) is 3. The molecule has 0 aromatic heterocycles. The minimum Gasteiger partial charge on any atom is -0.496 e. The van der Waals surface area contributed by atoms with E-state index in [9.17, 15) is 4.79 Å². The van der Waals surface area contributed by atoms with Crippen LogP contribution < -0.4 is 10.1 Å². The molecule has 0 aliphatic carbocycles. The highest BCUT2D eigenvalue weighted by molar-refractivity contribution is 5.79. The lowest BCUT2D eigenvalue weighted by atomic mass is 9.99. The van der Waals surface area contributed by atoms with Crippen molar-refractivity contribution in [1.82, 2.24) is 5.32 Å². The van der Waals surface area contributed by atoms with Gasteiger partial charge in [-0.1, -0.05) is 26.0 Å². The summed E-state index contributed by atoms with van der Waals surface area (Å²) in [5.41, 5.74) is 2.16. The molecule has 1 heterocycles. The van der Waals surface area contributed by atoms with Crippen molar-refractivity contribution in [3.8, 4) is 5.75 Å². The van der Waals surface area contributed by atoms with Crippen LogP contribution in [-0.4, -0.2) is 32.3 Å². The van der Waals surface area contributed by atoms with E-state index in [4.69, 9.17) is 9.47 Å². The minimum atomic E-state index is 0.0182. The molecule has 0 spiro atoms. The summed E-state index contributed by atoms with van der Waals surface area (Å²) >= 11 is 0. The minimum absolute atomic E-state index is 0.0182. The summed E-state index contributed by atoms with van der Waals surface area (Å²) in [6.07, 6.45) is 2.64. The Bertz CT molecular complexity index is 479. The van der Waals surface area contributed by atoms with E-state index in [-0.39, 0.29) is 12.0 Å². The van der Waals surface area contributed by atoms with E-state index in [0.29, 0.717) is 18.9 Å². The van der Waals surface area contributed by atoms with Crippen LogP contribution in [0.2, 0.25) is 0 Å². The Balaban J connectivity index is 1.96. The van der Waals surface area contributed by atoms with Crippen molar-refractivity contribution in [2.45, 2.75) is 45.1 Å². The normalized spacial score (nSPS) is 18.0. The maximum atomic E-state index is 12.1. The van der Waals surface area contributed by atoms with Gasteiger partial charge in [0.2, 0.25) is 5.91 Å². The van der Waals surface area contributed by atoms with Crippen LogP contribution in [0, 0.1) is 0 Å². The molecule has 1 fully saturated rings. The summed E-state index contributed by atoms with van der Waals surface area (Å²) in [6.45, 7) is 5.70. The van der Waals surface area contributed by atoms with E-state index in [1.807, 2.05) is 6.07 Å². The van der Waals surface area contributed by atoms with Gasteiger partial charge in [0.1, 0.15) is 5.75 Å². The largest absolute Gasteiger partial charge is 0.496 e. The van der Waals surface area contributed by atoms with Gasteiger partial charge >= 0.3 is 0 Å². The van der Waals surface area contributed by atoms with E-state index in [1.165, 1.54) is 5.56 Å². The van der Waals surface area contributed by atoms with Crippen molar-refractivity contribution in [3.05, 3.63) is 29.3 Å². The molecular weight excluding hydrogens is 266 g/mol. The second-order valence-corrected chi connectivity index (χ2v) is 5.84. The third-order valence-corrected chi connectivity index (χ3v) is 3.87. The number of carbonyl (C=O) groups excluding carboxylic acids is 1. The Hall–Kier alpha value is -1.55. The Morgan fingerprint density at radius 3 is 2.90 bits per heavy atom. The van der Waals surface area contributed by atoms with E-state index >= 15 is 0 Å². The van der Waals surface area contributed by atoms with Crippen LogP contribution in [0.5, 0.6) is 5.75 Å². The molecule has 4 heteroatoms. The number of rotatable bonds is 6. The third kappa shape index (κ3) is 4.46. The molecule has 4 nitrogen and oxygen atoms in total. The van der Waals surface area contributed by atoms with Crippen molar-refractivity contribution in [1.29, 1.82) is 0 Å². The molecule has 1 saturated heterocycles. The van der Waals surface area contributed by atoms with Gasteiger partial charge in [-0.15, -0.1) is 0 Å². The first-order chi connectivity index (χ1) is 10.1. The fraction of sp³-hybridized carbons (Fsp3) is 0.588. The molecule has 1 aliphatic rings. The molecule has 21 heavy (non-hydrogen) atoms.